The molecule has 0 spiro atoms. The molecule has 2 N–H and O–H groups in total. The molecule has 1 atom stereocenters. The topological polar surface area (TPSA) is 114 Å². The predicted octanol–water partition coefficient (Wildman–Crippen LogP) is 4.22. The quantitative estimate of drug-likeness (QED) is 0.309. The first-order chi connectivity index (χ1) is 20.0. The summed E-state index contributed by atoms with van der Waals surface area (Å²) in [5.74, 6) is -1.26. The molecule has 10 heteroatoms. The number of benzene rings is 2. The van der Waals surface area contributed by atoms with E-state index in [-0.39, 0.29) is 34.7 Å². The van der Waals surface area contributed by atoms with E-state index in [0.29, 0.717) is 17.6 Å². The lowest BCUT2D eigenvalue weighted by Gasteiger charge is -2.14. The zero-order chi connectivity index (χ0) is 27.9. The number of nitrogens with one attached hydrogen (secondary N) is 2. The summed E-state index contributed by atoms with van der Waals surface area (Å²) in [5.41, 5.74) is 3.44. The van der Waals surface area contributed by atoms with Crippen LogP contribution in [0.1, 0.15) is 39.9 Å². The van der Waals surface area contributed by atoms with E-state index in [1.54, 1.807) is 24.4 Å². The predicted molar refractivity (Wildman–Crippen MR) is 151 cm³/mol. The molecular formula is C31H24FN7O2. The second-order valence-corrected chi connectivity index (χ2v) is 10.1. The van der Waals surface area contributed by atoms with Crippen molar-refractivity contribution >= 4 is 28.9 Å². The van der Waals surface area contributed by atoms with E-state index in [0.717, 1.165) is 29.5 Å². The number of hydrogen-bond donors (Lipinski definition) is 2. The lowest BCUT2D eigenvalue weighted by molar-refractivity contribution is -0.120. The van der Waals surface area contributed by atoms with Gasteiger partial charge in [-0.3, -0.25) is 14.6 Å². The number of carbonyl (C=O) groups excluding carboxylic acids is 2. The van der Waals surface area contributed by atoms with E-state index in [2.05, 4.69) is 25.7 Å². The molecule has 0 unspecified atom stereocenters. The van der Waals surface area contributed by atoms with E-state index in [1.165, 1.54) is 10.7 Å². The van der Waals surface area contributed by atoms with Gasteiger partial charge in [-0.15, -0.1) is 0 Å². The van der Waals surface area contributed by atoms with Gasteiger partial charge in [0, 0.05) is 36.0 Å². The number of Topliss-reactive ketones (excluding diaryl/α,β-unsaturated/α-hetero) is 1. The molecule has 7 rings (SSSR count). The number of ketones is 1. The second-order valence-electron chi connectivity index (χ2n) is 10.1. The highest BCUT2D eigenvalue weighted by Gasteiger charge is 2.31. The molecule has 2 aliphatic rings. The van der Waals surface area contributed by atoms with Crippen LogP contribution in [0.2, 0.25) is 0 Å². The molecule has 1 aliphatic heterocycles. The fourth-order valence-electron chi connectivity index (χ4n) is 5.01. The Kier molecular flexibility index (Phi) is 6.07. The van der Waals surface area contributed by atoms with Crippen LogP contribution in [0.4, 0.5) is 10.2 Å². The van der Waals surface area contributed by atoms with Gasteiger partial charge in [-0.2, -0.15) is 9.49 Å². The molecule has 9 nitrogen and oxygen atoms in total. The SMILES string of the molecule is O=C(N[C@H]1N=C(c2ccccc2)c2ccccc2CC1=O)c1c(-c2ccc(NC3CC3)nc2F)nn2cccnc12. The first-order valence-corrected chi connectivity index (χ1v) is 13.4. The van der Waals surface area contributed by atoms with E-state index < -0.39 is 18.0 Å². The molecule has 41 heavy (non-hydrogen) atoms. The Morgan fingerprint density at radius 1 is 0.951 bits per heavy atom. The average molecular weight is 546 g/mol. The Labute approximate surface area is 234 Å². The molecule has 0 bridgehead atoms. The fraction of sp³-hybridized carbons (Fsp3) is 0.161. The number of carbonyl (C=O) groups is 2. The van der Waals surface area contributed by atoms with E-state index in [9.17, 15) is 9.59 Å². The first-order valence-electron chi connectivity index (χ1n) is 13.4. The number of amides is 1. The van der Waals surface area contributed by atoms with Crippen molar-refractivity contribution in [3.8, 4) is 11.3 Å². The van der Waals surface area contributed by atoms with Gasteiger partial charge in [0.1, 0.15) is 17.1 Å². The molecule has 1 amide bonds. The molecule has 0 saturated heterocycles. The van der Waals surface area contributed by atoms with Crippen molar-refractivity contribution in [2.45, 2.75) is 31.5 Å². The number of aliphatic imine (C=N–C) groups is 1. The Hall–Kier alpha value is -5.25. The minimum absolute atomic E-state index is 0.0280. The minimum atomic E-state index is -1.18. The maximum Gasteiger partial charge on any atom is 0.259 e. The monoisotopic (exact) mass is 545 g/mol. The largest absolute Gasteiger partial charge is 0.367 e. The van der Waals surface area contributed by atoms with E-state index >= 15 is 4.39 Å². The third kappa shape index (κ3) is 4.73. The van der Waals surface area contributed by atoms with Crippen LogP contribution in [0.15, 0.2) is 90.2 Å². The van der Waals surface area contributed by atoms with Gasteiger partial charge in [-0.05, 0) is 36.6 Å². The highest BCUT2D eigenvalue weighted by molar-refractivity contribution is 6.16. The van der Waals surface area contributed by atoms with Crippen molar-refractivity contribution in [1.82, 2.24) is 24.9 Å². The van der Waals surface area contributed by atoms with Crippen molar-refractivity contribution in [2.24, 2.45) is 4.99 Å². The lowest BCUT2D eigenvalue weighted by Crippen LogP contribution is -2.40. The normalized spacial score (nSPS) is 16.6. The van der Waals surface area contributed by atoms with Crippen molar-refractivity contribution in [1.29, 1.82) is 0 Å². The first kappa shape index (κ1) is 24.8. The Bertz CT molecular complexity index is 1850. The zero-order valence-electron chi connectivity index (χ0n) is 21.8. The van der Waals surface area contributed by atoms with Gasteiger partial charge in [0.2, 0.25) is 5.95 Å². The van der Waals surface area contributed by atoms with Gasteiger partial charge in [0.25, 0.3) is 5.91 Å². The van der Waals surface area contributed by atoms with Crippen LogP contribution in [0.3, 0.4) is 0 Å². The zero-order valence-corrected chi connectivity index (χ0v) is 21.8. The average Bonchev–Trinajstić information content (AvgIpc) is 3.74. The van der Waals surface area contributed by atoms with Crippen molar-refractivity contribution in [3.63, 3.8) is 0 Å². The molecule has 4 heterocycles. The van der Waals surface area contributed by atoms with Crippen LogP contribution in [0.5, 0.6) is 0 Å². The molecule has 2 aromatic carbocycles. The molecule has 1 fully saturated rings. The molecule has 1 saturated carbocycles. The smallest absolute Gasteiger partial charge is 0.259 e. The molecular weight excluding hydrogens is 521 g/mol. The summed E-state index contributed by atoms with van der Waals surface area (Å²) in [6.07, 6.45) is 4.10. The molecule has 5 aromatic rings. The Balaban J connectivity index is 1.29. The highest BCUT2D eigenvalue weighted by atomic mass is 19.1. The summed E-state index contributed by atoms with van der Waals surface area (Å²) >= 11 is 0. The molecule has 0 radical (unpaired) electrons. The minimum Gasteiger partial charge on any atom is -0.367 e. The van der Waals surface area contributed by atoms with Gasteiger partial charge in [0.15, 0.2) is 17.6 Å². The van der Waals surface area contributed by atoms with Gasteiger partial charge >= 0.3 is 0 Å². The number of aromatic nitrogens is 4. The number of nitrogens with zero attached hydrogens (tertiary/aromatic N) is 5. The van der Waals surface area contributed by atoms with Crippen molar-refractivity contribution < 1.29 is 14.0 Å². The summed E-state index contributed by atoms with van der Waals surface area (Å²) in [6.45, 7) is 0. The molecule has 3 aromatic heterocycles. The summed E-state index contributed by atoms with van der Waals surface area (Å²) in [7, 11) is 0. The Morgan fingerprint density at radius 2 is 1.76 bits per heavy atom. The van der Waals surface area contributed by atoms with Gasteiger partial charge in [-0.25, -0.2) is 14.5 Å². The number of fused-ring (bicyclic) bond motifs is 2. The van der Waals surface area contributed by atoms with Crippen LogP contribution in [-0.2, 0) is 11.2 Å². The van der Waals surface area contributed by atoms with Gasteiger partial charge in [-0.1, -0.05) is 54.6 Å². The number of halogens is 1. The third-order valence-corrected chi connectivity index (χ3v) is 7.17. The Morgan fingerprint density at radius 3 is 2.56 bits per heavy atom. The van der Waals surface area contributed by atoms with Crippen LogP contribution in [0, 0.1) is 5.95 Å². The van der Waals surface area contributed by atoms with Crippen LogP contribution in [-0.4, -0.2) is 49.2 Å². The van der Waals surface area contributed by atoms with Gasteiger partial charge in [0.05, 0.1) is 11.3 Å². The standard InChI is InChI=1S/C31H24FN7O2/c32-28-22(13-14-24(35-28)34-20-11-12-20)27-25(30-33-15-6-16-39(30)38-27)31(41)37-29-23(40)17-19-9-4-5-10-21(19)26(36-29)18-7-2-1-3-8-18/h1-10,13-16,20,29H,11-12,17H2,(H,34,35)(H,37,41)/t29-/m1/s1. The highest BCUT2D eigenvalue weighted by Crippen LogP contribution is 2.30. The van der Waals surface area contributed by atoms with Crippen molar-refractivity contribution in [3.05, 3.63) is 113 Å². The summed E-state index contributed by atoms with van der Waals surface area (Å²) < 4.78 is 16.7. The molecule has 1 aliphatic carbocycles. The second kappa shape index (κ2) is 10.1. The van der Waals surface area contributed by atoms with Crippen LogP contribution in [0.25, 0.3) is 16.9 Å². The summed E-state index contributed by atoms with van der Waals surface area (Å²) in [6, 6.07) is 22.3. The van der Waals surface area contributed by atoms with Crippen LogP contribution < -0.4 is 10.6 Å². The molecule has 202 valence electrons. The maximum absolute atomic E-state index is 15.3. The number of anilines is 1. The van der Waals surface area contributed by atoms with Gasteiger partial charge < -0.3 is 10.6 Å². The van der Waals surface area contributed by atoms with Crippen LogP contribution >= 0.6 is 0 Å². The van der Waals surface area contributed by atoms with Crippen molar-refractivity contribution in [2.75, 3.05) is 5.32 Å². The maximum atomic E-state index is 15.3. The fourth-order valence-corrected chi connectivity index (χ4v) is 5.01. The lowest BCUT2D eigenvalue weighted by atomic mass is 9.96. The van der Waals surface area contributed by atoms with E-state index in [4.69, 9.17) is 4.99 Å². The number of hydrogen-bond acceptors (Lipinski definition) is 7. The summed E-state index contributed by atoms with van der Waals surface area (Å²) in [5, 5.41) is 10.4. The number of rotatable bonds is 6. The third-order valence-electron chi connectivity index (χ3n) is 7.17. The summed E-state index contributed by atoms with van der Waals surface area (Å²) in [4.78, 5) is 40.5. The van der Waals surface area contributed by atoms with E-state index in [1.807, 2.05) is 54.6 Å². The number of pyridine rings is 1.